The number of carbonyl (C=O) groups is 2. The Morgan fingerprint density at radius 3 is 1.18 bits per heavy atom. The smallest absolute Gasteiger partial charge is 0.247 e. The summed E-state index contributed by atoms with van der Waals surface area (Å²) in [5.41, 5.74) is -0.565. The Balaban J connectivity index is 1.11. The zero-order chi connectivity index (χ0) is 23.2. The van der Waals surface area contributed by atoms with Crippen LogP contribution in [0, 0.1) is 56.5 Å². The molecule has 0 spiro atoms. The average molecular weight is 470 g/mol. The molecular weight excluding hydrogens is 430 g/mol. The zero-order valence-electron chi connectivity index (χ0n) is 20.3. The summed E-state index contributed by atoms with van der Waals surface area (Å²) in [7, 11) is 0. The van der Waals surface area contributed by atoms with Crippen LogP contribution >= 0.6 is 0 Å². The largest absolute Gasteiger partial charge is 0.333 e. The fourth-order valence-electron chi connectivity index (χ4n) is 10.9. The van der Waals surface area contributed by atoms with Crippen LogP contribution in [0.4, 0.5) is 0 Å². The van der Waals surface area contributed by atoms with Crippen LogP contribution in [0.15, 0.2) is 0 Å². The van der Waals surface area contributed by atoms with Crippen LogP contribution < -0.4 is 0 Å². The third-order valence-corrected chi connectivity index (χ3v) is 11.4. The Kier molecular flexibility index (Phi) is 4.72. The van der Waals surface area contributed by atoms with Gasteiger partial charge >= 0.3 is 0 Å². The number of hydrogen-bond acceptors (Lipinski definition) is 4. The highest BCUT2D eigenvalue weighted by atomic mass is 16.6. The van der Waals surface area contributed by atoms with Crippen LogP contribution in [0.25, 0.3) is 0 Å². The molecule has 0 aromatic rings. The van der Waals surface area contributed by atoms with E-state index in [1.807, 2.05) is 9.80 Å². The molecule has 8 saturated carbocycles. The summed E-state index contributed by atoms with van der Waals surface area (Å²) < 4.78 is 0. The molecule has 0 aromatic heterocycles. The fourth-order valence-corrected chi connectivity index (χ4v) is 10.9. The molecule has 1 heterocycles. The first kappa shape index (κ1) is 21.6. The van der Waals surface area contributed by atoms with Crippen molar-refractivity contribution in [2.24, 2.45) is 46.3 Å². The SMILES string of the molecule is O=C(N1CCN(C(=O)C23CC4CC(CC(C4)C2)C3)CC([N+](=O)[O-])C1)C12CC3CC(CC(C3)C1)C2. The summed E-state index contributed by atoms with van der Waals surface area (Å²) in [5, 5.41) is 12.1. The highest BCUT2D eigenvalue weighted by molar-refractivity contribution is 5.85. The van der Waals surface area contributed by atoms with Crippen molar-refractivity contribution >= 4 is 11.8 Å². The third-order valence-electron chi connectivity index (χ3n) is 11.4. The second-order valence-corrected chi connectivity index (χ2v) is 13.8. The quantitative estimate of drug-likeness (QED) is 0.466. The van der Waals surface area contributed by atoms with Crippen molar-refractivity contribution in [1.29, 1.82) is 0 Å². The molecule has 0 N–H and O–H groups in total. The number of nitrogens with zero attached hydrogens (tertiary/aromatic N) is 3. The lowest BCUT2D eigenvalue weighted by Crippen LogP contribution is -2.56. The average Bonchev–Trinajstić information content (AvgIpc) is 3.00. The Labute approximate surface area is 202 Å². The Bertz CT molecular complexity index is 779. The third kappa shape index (κ3) is 3.27. The van der Waals surface area contributed by atoms with Gasteiger partial charge in [0.25, 0.3) is 0 Å². The van der Waals surface area contributed by atoms with E-state index in [9.17, 15) is 19.7 Å². The molecule has 9 rings (SSSR count). The molecule has 9 aliphatic rings. The highest BCUT2D eigenvalue weighted by Gasteiger charge is 2.58. The first-order valence-electron chi connectivity index (χ1n) is 14.0. The predicted octanol–water partition coefficient (Wildman–Crippen LogP) is 3.74. The van der Waals surface area contributed by atoms with Crippen LogP contribution in [-0.2, 0) is 9.59 Å². The van der Waals surface area contributed by atoms with Crippen molar-refractivity contribution in [3.05, 3.63) is 10.1 Å². The van der Waals surface area contributed by atoms with Crippen molar-refractivity contribution in [2.45, 2.75) is 83.1 Å². The van der Waals surface area contributed by atoms with Gasteiger partial charge < -0.3 is 9.80 Å². The van der Waals surface area contributed by atoms with E-state index in [1.54, 1.807) is 0 Å². The van der Waals surface area contributed by atoms with E-state index in [0.29, 0.717) is 48.6 Å². The fraction of sp³-hybridized carbons (Fsp3) is 0.926. The summed E-state index contributed by atoms with van der Waals surface area (Å²) in [6, 6.07) is -0.877. The summed E-state index contributed by atoms with van der Waals surface area (Å²) >= 11 is 0. The van der Waals surface area contributed by atoms with Gasteiger partial charge in [0.2, 0.25) is 17.9 Å². The molecule has 8 aliphatic carbocycles. The molecule has 0 unspecified atom stereocenters. The standard InChI is InChI=1S/C27H39N3O4/c31-24(26-9-17-3-18(10-26)5-19(4-17)11-26)28-1-2-29(16-23(15-28)30(33)34)25(32)27-12-20-6-21(13-27)8-22(7-20)14-27/h17-23H,1-16H2. The summed E-state index contributed by atoms with van der Waals surface area (Å²) in [6.45, 7) is 1.25. The topological polar surface area (TPSA) is 83.8 Å². The van der Waals surface area contributed by atoms with E-state index in [4.69, 9.17) is 0 Å². The first-order chi connectivity index (χ1) is 16.3. The van der Waals surface area contributed by atoms with Gasteiger partial charge in [-0.25, -0.2) is 0 Å². The van der Waals surface area contributed by atoms with Gasteiger partial charge in [-0.05, 0) is 113 Å². The summed E-state index contributed by atoms with van der Waals surface area (Å²) in [5.74, 6) is 4.35. The van der Waals surface area contributed by atoms with E-state index in [1.165, 1.54) is 38.5 Å². The van der Waals surface area contributed by atoms with Gasteiger partial charge in [-0.2, -0.15) is 0 Å². The van der Waals surface area contributed by atoms with E-state index < -0.39 is 6.04 Å². The Morgan fingerprint density at radius 1 is 0.618 bits per heavy atom. The second kappa shape index (κ2) is 7.42. The van der Waals surface area contributed by atoms with Gasteiger partial charge in [0.05, 0.1) is 23.9 Å². The van der Waals surface area contributed by atoms with Gasteiger partial charge in [0.1, 0.15) is 0 Å². The number of rotatable bonds is 3. The lowest BCUT2D eigenvalue weighted by molar-refractivity contribution is -0.521. The number of amides is 2. The number of carbonyl (C=O) groups excluding carboxylic acids is 2. The molecule has 2 amide bonds. The van der Waals surface area contributed by atoms with Crippen LogP contribution in [0.2, 0.25) is 0 Å². The zero-order valence-corrected chi connectivity index (χ0v) is 20.3. The molecule has 34 heavy (non-hydrogen) atoms. The molecule has 1 saturated heterocycles. The van der Waals surface area contributed by atoms with Crippen LogP contribution in [0.5, 0.6) is 0 Å². The van der Waals surface area contributed by atoms with Crippen LogP contribution in [-0.4, -0.2) is 58.8 Å². The normalized spacial score (nSPS) is 48.8. The maximum absolute atomic E-state index is 14.0. The molecule has 8 bridgehead atoms. The van der Waals surface area contributed by atoms with Crippen LogP contribution in [0.1, 0.15) is 77.0 Å². The Hall–Kier alpha value is -1.66. The first-order valence-corrected chi connectivity index (χ1v) is 14.0. The maximum atomic E-state index is 14.0. The molecule has 7 heteroatoms. The lowest BCUT2D eigenvalue weighted by atomic mass is 9.49. The molecule has 0 radical (unpaired) electrons. The van der Waals surface area contributed by atoms with E-state index in [-0.39, 0.29) is 40.7 Å². The molecule has 7 nitrogen and oxygen atoms in total. The minimum Gasteiger partial charge on any atom is -0.333 e. The molecular formula is C27H39N3O4. The van der Waals surface area contributed by atoms with Crippen molar-refractivity contribution in [1.82, 2.24) is 9.80 Å². The minimum absolute atomic E-state index is 0.165. The minimum atomic E-state index is -0.877. The summed E-state index contributed by atoms with van der Waals surface area (Å²) in [6.07, 6.45) is 13.5. The molecule has 186 valence electrons. The maximum Gasteiger partial charge on any atom is 0.247 e. The van der Waals surface area contributed by atoms with Crippen molar-refractivity contribution in [3.8, 4) is 0 Å². The van der Waals surface area contributed by atoms with Gasteiger partial charge in [-0.1, -0.05) is 0 Å². The molecule has 1 aliphatic heterocycles. The molecule has 0 atom stereocenters. The van der Waals surface area contributed by atoms with E-state index >= 15 is 0 Å². The van der Waals surface area contributed by atoms with Crippen molar-refractivity contribution in [3.63, 3.8) is 0 Å². The second-order valence-electron chi connectivity index (χ2n) is 13.8. The summed E-state index contributed by atoms with van der Waals surface area (Å²) in [4.78, 5) is 43.4. The van der Waals surface area contributed by atoms with E-state index in [2.05, 4.69) is 0 Å². The highest BCUT2D eigenvalue weighted by Crippen LogP contribution is 2.62. The van der Waals surface area contributed by atoms with Crippen LogP contribution in [0.3, 0.4) is 0 Å². The molecule has 9 fully saturated rings. The van der Waals surface area contributed by atoms with Gasteiger partial charge in [-0.3, -0.25) is 19.7 Å². The van der Waals surface area contributed by atoms with Crippen molar-refractivity contribution < 1.29 is 14.5 Å². The Morgan fingerprint density at radius 2 is 0.912 bits per heavy atom. The number of hydrogen-bond donors (Lipinski definition) is 0. The van der Waals surface area contributed by atoms with E-state index in [0.717, 1.165) is 38.5 Å². The van der Waals surface area contributed by atoms with Gasteiger partial charge in [0.15, 0.2) is 0 Å². The lowest BCUT2D eigenvalue weighted by Gasteiger charge is -2.56. The number of nitro groups is 1. The van der Waals surface area contributed by atoms with Gasteiger partial charge in [0, 0.05) is 18.0 Å². The monoisotopic (exact) mass is 469 g/mol. The van der Waals surface area contributed by atoms with Crippen molar-refractivity contribution in [2.75, 3.05) is 26.2 Å². The molecule has 0 aromatic carbocycles. The predicted molar refractivity (Wildman–Crippen MR) is 125 cm³/mol. The van der Waals surface area contributed by atoms with Gasteiger partial charge in [-0.15, -0.1) is 0 Å².